The molecule has 0 bridgehead atoms. The first-order chi connectivity index (χ1) is 13.0. The van der Waals surface area contributed by atoms with Gasteiger partial charge in [0.25, 0.3) is 0 Å². The molecule has 0 saturated carbocycles. The summed E-state index contributed by atoms with van der Waals surface area (Å²) in [5, 5.41) is 2.76. The highest BCUT2D eigenvalue weighted by Gasteiger charge is 2.16. The summed E-state index contributed by atoms with van der Waals surface area (Å²) in [5.41, 5.74) is 1.91. The van der Waals surface area contributed by atoms with E-state index in [0.717, 1.165) is 29.2 Å². The van der Waals surface area contributed by atoms with Crippen LogP contribution in [-0.2, 0) is 18.1 Å². The Morgan fingerprint density at radius 2 is 1.30 bits per heavy atom. The highest BCUT2D eigenvalue weighted by atomic mass is 35.5. The molecule has 0 aliphatic carbocycles. The topological polar surface area (TPSA) is 17.8 Å². The van der Waals surface area contributed by atoms with Gasteiger partial charge in [-0.2, -0.15) is 0 Å². The molecule has 0 saturated heterocycles. The fourth-order valence-electron chi connectivity index (χ4n) is 2.41. The van der Waals surface area contributed by atoms with Crippen molar-refractivity contribution in [2.24, 2.45) is 0 Å². The van der Waals surface area contributed by atoms with Crippen molar-refractivity contribution in [2.75, 3.05) is 0 Å². The highest BCUT2D eigenvalue weighted by molar-refractivity contribution is 8.16. The zero-order valence-electron chi connectivity index (χ0n) is 14.1. The van der Waals surface area contributed by atoms with Gasteiger partial charge in [-0.05, 0) is 35.4 Å². The SMILES string of the molecule is Clc1cccc(Cl)c1CSC(Cn1ccnc1)SCc1c(Cl)cccc1Cl. The lowest BCUT2D eigenvalue weighted by Crippen LogP contribution is -2.09. The van der Waals surface area contributed by atoms with Crippen molar-refractivity contribution in [3.05, 3.63) is 86.3 Å². The first-order valence-electron chi connectivity index (χ1n) is 8.09. The van der Waals surface area contributed by atoms with Crippen LogP contribution in [0.15, 0.2) is 55.1 Å². The molecule has 2 aromatic carbocycles. The Balaban J connectivity index is 1.71. The van der Waals surface area contributed by atoms with Crippen LogP contribution >= 0.6 is 69.9 Å². The van der Waals surface area contributed by atoms with Gasteiger partial charge in [0.05, 0.1) is 10.9 Å². The first-order valence-corrected chi connectivity index (χ1v) is 11.7. The van der Waals surface area contributed by atoms with Gasteiger partial charge in [0.15, 0.2) is 0 Å². The quantitative estimate of drug-likeness (QED) is 0.309. The standard InChI is InChI=1S/C19H16Cl4N2S2/c20-15-3-1-4-16(21)13(15)10-26-19(9-25-8-7-24-12-25)27-11-14-17(22)5-2-6-18(14)23/h1-8,12,19H,9-11H2. The fraction of sp³-hybridized carbons (Fsp3) is 0.211. The molecular formula is C19H16Cl4N2S2. The summed E-state index contributed by atoms with van der Waals surface area (Å²) < 4.78 is 2.31. The second kappa shape index (κ2) is 10.3. The first kappa shape index (κ1) is 21.2. The molecule has 1 aromatic heterocycles. The normalized spacial score (nSPS) is 11.3. The van der Waals surface area contributed by atoms with Gasteiger partial charge in [0.2, 0.25) is 0 Å². The molecular weight excluding hydrogens is 462 g/mol. The number of halogens is 4. The van der Waals surface area contributed by atoms with Gasteiger partial charge in [-0.3, -0.25) is 0 Å². The average molecular weight is 478 g/mol. The number of imidazole rings is 1. The predicted molar refractivity (Wildman–Crippen MR) is 122 cm³/mol. The molecule has 2 nitrogen and oxygen atoms in total. The van der Waals surface area contributed by atoms with Crippen LogP contribution in [0.2, 0.25) is 20.1 Å². The van der Waals surface area contributed by atoms with Crippen molar-refractivity contribution in [2.45, 2.75) is 22.6 Å². The van der Waals surface area contributed by atoms with Crippen LogP contribution in [0.5, 0.6) is 0 Å². The number of aromatic nitrogens is 2. The smallest absolute Gasteiger partial charge is 0.0946 e. The average Bonchev–Trinajstić information content (AvgIpc) is 3.13. The molecule has 0 unspecified atom stereocenters. The maximum absolute atomic E-state index is 6.32. The number of hydrogen-bond acceptors (Lipinski definition) is 3. The summed E-state index contributed by atoms with van der Waals surface area (Å²) in [6.45, 7) is 0.805. The van der Waals surface area contributed by atoms with Crippen LogP contribution in [0.3, 0.4) is 0 Å². The molecule has 8 heteroatoms. The molecule has 0 spiro atoms. The van der Waals surface area contributed by atoms with Gasteiger partial charge in [0.1, 0.15) is 0 Å². The lowest BCUT2D eigenvalue weighted by Gasteiger charge is -2.18. The summed E-state index contributed by atoms with van der Waals surface area (Å²) in [7, 11) is 0. The Morgan fingerprint density at radius 1 is 0.815 bits per heavy atom. The third-order valence-electron chi connectivity index (χ3n) is 3.87. The fourth-order valence-corrected chi connectivity index (χ4v) is 6.47. The number of hydrogen-bond donors (Lipinski definition) is 0. The number of benzene rings is 2. The van der Waals surface area contributed by atoms with E-state index in [4.69, 9.17) is 46.4 Å². The summed E-state index contributed by atoms with van der Waals surface area (Å²) in [5.74, 6) is 1.45. The molecule has 27 heavy (non-hydrogen) atoms. The Labute approximate surface area is 187 Å². The van der Waals surface area contributed by atoms with E-state index in [2.05, 4.69) is 9.55 Å². The lowest BCUT2D eigenvalue weighted by atomic mass is 10.2. The number of rotatable bonds is 8. The van der Waals surface area contributed by atoms with E-state index >= 15 is 0 Å². The van der Waals surface area contributed by atoms with Gasteiger partial charge in [-0.15, -0.1) is 23.5 Å². The molecule has 142 valence electrons. The molecule has 3 aromatic rings. The molecule has 0 N–H and O–H groups in total. The van der Waals surface area contributed by atoms with Crippen molar-refractivity contribution in [3.63, 3.8) is 0 Å². The van der Waals surface area contributed by atoms with Gasteiger partial charge < -0.3 is 4.57 Å². The van der Waals surface area contributed by atoms with Gasteiger partial charge in [-0.25, -0.2) is 4.98 Å². The molecule has 0 amide bonds. The maximum atomic E-state index is 6.32. The second-order valence-corrected chi connectivity index (χ2v) is 10.0. The van der Waals surface area contributed by atoms with E-state index in [9.17, 15) is 0 Å². The molecule has 1 heterocycles. The van der Waals surface area contributed by atoms with E-state index in [1.165, 1.54) is 0 Å². The Morgan fingerprint density at radius 3 is 1.70 bits per heavy atom. The predicted octanol–water partition coefficient (Wildman–Crippen LogP) is 7.69. The third-order valence-corrected chi connectivity index (χ3v) is 8.05. The van der Waals surface area contributed by atoms with Crippen LogP contribution in [0, 0.1) is 0 Å². The van der Waals surface area contributed by atoms with E-state index < -0.39 is 0 Å². The van der Waals surface area contributed by atoms with Crippen molar-refractivity contribution >= 4 is 69.9 Å². The van der Waals surface area contributed by atoms with E-state index in [-0.39, 0.29) is 4.58 Å². The minimum absolute atomic E-state index is 0.249. The lowest BCUT2D eigenvalue weighted by molar-refractivity contribution is 0.750. The monoisotopic (exact) mass is 476 g/mol. The van der Waals surface area contributed by atoms with Gasteiger partial charge in [-0.1, -0.05) is 58.5 Å². The summed E-state index contributed by atoms with van der Waals surface area (Å²) in [6.07, 6.45) is 5.56. The number of nitrogens with zero attached hydrogens (tertiary/aromatic N) is 2. The third kappa shape index (κ3) is 5.99. The van der Waals surface area contributed by atoms with Crippen molar-refractivity contribution < 1.29 is 0 Å². The van der Waals surface area contributed by atoms with Crippen molar-refractivity contribution in [1.29, 1.82) is 0 Å². The summed E-state index contributed by atoms with van der Waals surface area (Å²) >= 11 is 28.8. The highest BCUT2D eigenvalue weighted by Crippen LogP contribution is 2.37. The molecule has 0 radical (unpaired) electrons. The molecule has 0 aliphatic heterocycles. The van der Waals surface area contributed by atoms with Crippen LogP contribution in [0.1, 0.15) is 11.1 Å². The van der Waals surface area contributed by atoms with E-state index in [1.807, 2.05) is 48.9 Å². The molecule has 0 aliphatic rings. The Bertz CT molecular complexity index is 791. The van der Waals surface area contributed by atoms with Crippen molar-refractivity contribution in [3.8, 4) is 0 Å². The minimum Gasteiger partial charge on any atom is -0.336 e. The van der Waals surface area contributed by atoms with Crippen LogP contribution in [-0.4, -0.2) is 14.1 Å². The number of thioether (sulfide) groups is 2. The largest absolute Gasteiger partial charge is 0.336 e. The van der Waals surface area contributed by atoms with Crippen LogP contribution in [0.4, 0.5) is 0 Å². The Kier molecular flexibility index (Phi) is 8.12. The van der Waals surface area contributed by atoms with E-state index in [1.54, 1.807) is 29.7 Å². The van der Waals surface area contributed by atoms with Crippen LogP contribution < -0.4 is 0 Å². The zero-order chi connectivity index (χ0) is 19.2. The van der Waals surface area contributed by atoms with Crippen molar-refractivity contribution in [1.82, 2.24) is 9.55 Å². The summed E-state index contributed by atoms with van der Waals surface area (Å²) in [4.78, 5) is 4.13. The van der Waals surface area contributed by atoms with Crippen LogP contribution in [0.25, 0.3) is 0 Å². The summed E-state index contributed by atoms with van der Waals surface area (Å²) in [6, 6.07) is 11.2. The molecule has 3 rings (SSSR count). The minimum atomic E-state index is 0.249. The maximum Gasteiger partial charge on any atom is 0.0946 e. The Hall–Kier alpha value is -0.490. The zero-order valence-corrected chi connectivity index (χ0v) is 18.8. The molecule has 0 atom stereocenters. The second-order valence-electron chi connectivity index (χ2n) is 5.71. The van der Waals surface area contributed by atoms with Gasteiger partial charge >= 0.3 is 0 Å². The van der Waals surface area contributed by atoms with E-state index in [0.29, 0.717) is 20.1 Å². The molecule has 0 fully saturated rings. The van der Waals surface area contributed by atoms with Gasteiger partial charge in [0, 0.05) is 50.5 Å².